The number of carbonyl (C=O) groups is 1. The van der Waals surface area contributed by atoms with Gasteiger partial charge in [0.1, 0.15) is 8.55 Å². The van der Waals surface area contributed by atoms with Crippen LogP contribution in [0.5, 0.6) is 0 Å². The van der Waals surface area contributed by atoms with E-state index >= 15 is 0 Å². The van der Waals surface area contributed by atoms with Gasteiger partial charge in [0.15, 0.2) is 5.13 Å². The highest BCUT2D eigenvalue weighted by Gasteiger charge is 2.34. The van der Waals surface area contributed by atoms with Gasteiger partial charge < -0.3 is 5.32 Å². The standard InChI is InChI=1S/C17H14Cl3N3O3S4/c18-12-3-4-14(28-12)30(25,26)23-5-1-2-9(7-23)16(24)22-17-21-11(8-27-17)10-6-13(19)29-15(10)20/h3-4,6,8-9H,1-2,5,7H2,(H,21,22,24). The smallest absolute Gasteiger partial charge is 0.252 e. The first-order chi connectivity index (χ1) is 14.2. The monoisotopic (exact) mass is 541 g/mol. The third-order valence-corrected chi connectivity index (χ3v) is 10.4. The van der Waals surface area contributed by atoms with E-state index < -0.39 is 15.9 Å². The number of hydrogen-bond acceptors (Lipinski definition) is 7. The number of nitrogens with one attached hydrogen (secondary N) is 1. The minimum Gasteiger partial charge on any atom is -0.302 e. The van der Waals surface area contributed by atoms with Gasteiger partial charge in [-0.2, -0.15) is 4.31 Å². The van der Waals surface area contributed by atoms with Crippen molar-refractivity contribution < 1.29 is 13.2 Å². The van der Waals surface area contributed by atoms with Gasteiger partial charge in [0.25, 0.3) is 10.0 Å². The van der Waals surface area contributed by atoms with E-state index in [0.29, 0.717) is 48.8 Å². The second-order valence-electron chi connectivity index (χ2n) is 6.53. The molecule has 1 amide bonds. The Kier molecular flexibility index (Phi) is 6.76. The summed E-state index contributed by atoms with van der Waals surface area (Å²) in [7, 11) is -3.67. The quantitative estimate of drug-likeness (QED) is 0.433. The molecule has 0 spiro atoms. The summed E-state index contributed by atoms with van der Waals surface area (Å²) in [5, 5.41) is 5.02. The zero-order valence-electron chi connectivity index (χ0n) is 15.1. The number of anilines is 1. The van der Waals surface area contributed by atoms with Crippen molar-refractivity contribution in [3.8, 4) is 11.3 Å². The summed E-state index contributed by atoms with van der Waals surface area (Å²) in [6.45, 7) is 0.494. The predicted octanol–water partition coefficient (Wildman–Crippen LogP) is 5.93. The van der Waals surface area contributed by atoms with Crippen molar-refractivity contribution in [1.82, 2.24) is 9.29 Å². The van der Waals surface area contributed by atoms with Crippen LogP contribution in [0.1, 0.15) is 12.8 Å². The van der Waals surface area contributed by atoms with Crippen molar-refractivity contribution in [1.29, 1.82) is 0 Å². The molecule has 3 aromatic rings. The van der Waals surface area contributed by atoms with Gasteiger partial charge in [-0.15, -0.1) is 34.0 Å². The molecule has 0 radical (unpaired) electrons. The molecule has 4 rings (SSSR count). The fraction of sp³-hybridized carbons (Fsp3) is 0.294. The van der Waals surface area contributed by atoms with E-state index in [4.69, 9.17) is 34.8 Å². The Labute approximate surface area is 200 Å². The average molecular weight is 543 g/mol. The minimum atomic E-state index is -3.67. The number of amides is 1. The molecule has 1 aliphatic rings. The average Bonchev–Trinajstić information content (AvgIpc) is 3.42. The normalized spacial score (nSPS) is 17.9. The van der Waals surface area contributed by atoms with E-state index in [9.17, 15) is 13.2 Å². The molecule has 3 aromatic heterocycles. The second kappa shape index (κ2) is 9.03. The highest BCUT2D eigenvalue weighted by atomic mass is 35.5. The summed E-state index contributed by atoms with van der Waals surface area (Å²) in [6.07, 6.45) is 1.20. The first kappa shape index (κ1) is 22.5. The SMILES string of the molecule is O=C(Nc1nc(-c2cc(Cl)sc2Cl)cs1)C1CCCN(S(=O)(=O)c2ccc(Cl)s2)C1. The van der Waals surface area contributed by atoms with Gasteiger partial charge in [0.2, 0.25) is 5.91 Å². The number of nitrogens with zero attached hydrogens (tertiary/aromatic N) is 2. The van der Waals surface area contributed by atoms with E-state index in [0.717, 1.165) is 11.3 Å². The van der Waals surface area contributed by atoms with Crippen LogP contribution in [-0.4, -0.2) is 36.7 Å². The van der Waals surface area contributed by atoms with Gasteiger partial charge >= 0.3 is 0 Å². The number of sulfonamides is 1. The van der Waals surface area contributed by atoms with Crippen molar-refractivity contribution in [2.24, 2.45) is 5.92 Å². The highest BCUT2D eigenvalue weighted by molar-refractivity contribution is 7.91. The van der Waals surface area contributed by atoms with E-state index in [-0.39, 0.29) is 16.7 Å². The highest BCUT2D eigenvalue weighted by Crippen LogP contribution is 2.39. The molecule has 0 aliphatic carbocycles. The van der Waals surface area contributed by atoms with Crippen molar-refractivity contribution in [2.45, 2.75) is 17.1 Å². The number of thiophene rings is 2. The van der Waals surface area contributed by atoms with Crippen LogP contribution in [0.4, 0.5) is 5.13 Å². The molecule has 160 valence electrons. The second-order valence-corrected chi connectivity index (χ2v) is 13.5. The number of piperidine rings is 1. The number of thiazole rings is 1. The lowest BCUT2D eigenvalue weighted by atomic mass is 9.99. The first-order valence-corrected chi connectivity index (χ1v) is 13.8. The van der Waals surface area contributed by atoms with Crippen molar-refractivity contribution in [2.75, 3.05) is 18.4 Å². The Hall–Kier alpha value is -0.720. The molecule has 0 bridgehead atoms. The Morgan fingerprint density at radius 2 is 2.00 bits per heavy atom. The third kappa shape index (κ3) is 4.71. The topological polar surface area (TPSA) is 79.4 Å². The lowest BCUT2D eigenvalue weighted by Gasteiger charge is -2.30. The number of hydrogen-bond donors (Lipinski definition) is 1. The third-order valence-electron chi connectivity index (χ3n) is 4.56. The number of halogens is 3. The molecule has 13 heteroatoms. The summed E-state index contributed by atoms with van der Waals surface area (Å²) in [5.41, 5.74) is 1.35. The maximum Gasteiger partial charge on any atom is 0.252 e. The molecular weight excluding hydrogens is 529 g/mol. The van der Waals surface area contributed by atoms with Gasteiger partial charge in [-0.3, -0.25) is 4.79 Å². The van der Waals surface area contributed by atoms with Crippen LogP contribution in [0.15, 0.2) is 27.8 Å². The molecule has 1 N–H and O–H groups in total. The maximum absolute atomic E-state index is 12.8. The lowest BCUT2D eigenvalue weighted by Crippen LogP contribution is -2.43. The van der Waals surface area contributed by atoms with Gasteiger partial charge in [0, 0.05) is 24.0 Å². The zero-order chi connectivity index (χ0) is 21.5. The van der Waals surface area contributed by atoms with Crippen molar-refractivity contribution in [3.63, 3.8) is 0 Å². The minimum absolute atomic E-state index is 0.119. The van der Waals surface area contributed by atoms with Crippen LogP contribution in [0, 0.1) is 5.92 Å². The summed E-state index contributed by atoms with van der Waals surface area (Å²) in [6, 6.07) is 4.78. The summed E-state index contributed by atoms with van der Waals surface area (Å²) in [5.74, 6) is -0.718. The Balaban J connectivity index is 1.44. The van der Waals surface area contributed by atoms with Gasteiger partial charge in [-0.05, 0) is 31.0 Å². The Morgan fingerprint density at radius 3 is 2.67 bits per heavy atom. The fourth-order valence-electron chi connectivity index (χ4n) is 3.12. The van der Waals surface area contributed by atoms with Crippen LogP contribution in [0.2, 0.25) is 13.0 Å². The molecule has 1 aliphatic heterocycles. The lowest BCUT2D eigenvalue weighted by molar-refractivity contribution is -0.120. The molecular formula is C17H14Cl3N3O3S4. The van der Waals surface area contributed by atoms with Crippen LogP contribution in [0.3, 0.4) is 0 Å². The van der Waals surface area contributed by atoms with Gasteiger partial charge in [-0.25, -0.2) is 13.4 Å². The van der Waals surface area contributed by atoms with Crippen LogP contribution < -0.4 is 5.32 Å². The molecule has 0 saturated carbocycles. The van der Waals surface area contributed by atoms with Gasteiger partial charge in [0.05, 0.1) is 20.3 Å². The predicted molar refractivity (Wildman–Crippen MR) is 125 cm³/mol. The van der Waals surface area contributed by atoms with E-state index in [1.165, 1.54) is 33.0 Å². The summed E-state index contributed by atoms with van der Waals surface area (Å²) in [4.78, 5) is 17.2. The van der Waals surface area contributed by atoms with E-state index in [1.54, 1.807) is 17.5 Å². The van der Waals surface area contributed by atoms with Crippen molar-refractivity contribution in [3.05, 3.63) is 36.6 Å². The molecule has 1 saturated heterocycles. The Morgan fingerprint density at radius 1 is 1.20 bits per heavy atom. The molecule has 30 heavy (non-hydrogen) atoms. The molecule has 6 nitrogen and oxygen atoms in total. The zero-order valence-corrected chi connectivity index (χ0v) is 20.6. The largest absolute Gasteiger partial charge is 0.302 e. The maximum atomic E-state index is 12.8. The van der Waals surface area contributed by atoms with Crippen LogP contribution in [0.25, 0.3) is 11.3 Å². The van der Waals surface area contributed by atoms with E-state index in [2.05, 4.69) is 10.3 Å². The molecule has 1 unspecified atom stereocenters. The van der Waals surface area contributed by atoms with Crippen LogP contribution >= 0.6 is 68.8 Å². The number of rotatable bonds is 5. The van der Waals surface area contributed by atoms with Gasteiger partial charge in [-0.1, -0.05) is 34.8 Å². The molecule has 1 fully saturated rings. The fourth-order valence-corrected chi connectivity index (χ4v) is 8.47. The Bertz CT molecular complexity index is 1190. The first-order valence-electron chi connectivity index (χ1n) is 8.71. The van der Waals surface area contributed by atoms with E-state index in [1.807, 2.05) is 0 Å². The van der Waals surface area contributed by atoms with Crippen LogP contribution in [-0.2, 0) is 14.8 Å². The number of carbonyl (C=O) groups excluding carboxylic acids is 1. The van der Waals surface area contributed by atoms with Crippen molar-refractivity contribution >= 4 is 89.9 Å². The molecule has 1 atom stereocenters. The molecule has 4 heterocycles. The summed E-state index contributed by atoms with van der Waals surface area (Å²) < 4.78 is 28.7. The summed E-state index contributed by atoms with van der Waals surface area (Å²) >= 11 is 21.6. The number of aromatic nitrogens is 1. The molecule has 0 aromatic carbocycles.